The third-order valence-corrected chi connectivity index (χ3v) is 32.3. The average Bonchev–Trinajstić information content (AvgIpc) is 1.59. The van der Waals surface area contributed by atoms with Crippen molar-refractivity contribution in [3.05, 3.63) is 89.6 Å². The Bertz CT molecular complexity index is 5370. The van der Waals surface area contributed by atoms with E-state index in [-0.39, 0.29) is 141 Å². The van der Waals surface area contributed by atoms with Crippen molar-refractivity contribution >= 4 is 87.6 Å². The van der Waals surface area contributed by atoms with E-state index in [2.05, 4.69) is 45.6 Å². The Morgan fingerprint density at radius 1 is 0.420 bits per heavy atom. The van der Waals surface area contributed by atoms with Gasteiger partial charge in [-0.15, -0.1) is 0 Å². The number of rotatable bonds is 7. The van der Waals surface area contributed by atoms with Crippen LogP contribution >= 0.6 is 0 Å². The summed E-state index contributed by atoms with van der Waals surface area (Å²) in [7, 11) is 4.79. The Labute approximate surface area is 846 Å². The van der Waals surface area contributed by atoms with E-state index in [0.717, 1.165) is 142 Å². The Hall–Kier alpha value is -8.47. The molecule has 18 rings (SSSR count). The number of nitrogens with one attached hydrogen (secondary N) is 3. The molecule has 12 bridgehead atoms. The van der Waals surface area contributed by atoms with Crippen molar-refractivity contribution in [3.8, 4) is 34.8 Å². The summed E-state index contributed by atoms with van der Waals surface area (Å²) in [5, 5.41) is 11.3. The first-order valence-electron chi connectivity index (χ1n) is 49.8. The van der Waals surface area contributed by atoms with Gasteiger partial charge >= 0.3 is 18.3 Å². The van der Waals surface area contributed by atoms with Gasteiger partial charge in [0.05, 0.1) is 57.5 Å². The van der Waals surface area contributed by atoms with Crippen LogP contribution in [0.3, 0.4) is 0 Å². The summed E-state index contributed by atoms with van der Waals surface area (Å²) < 4.78 is 86.4. The van der Waals surface area contributed by atoms with E-state index >= 15 is 8.78 Å². The molecule has 6 aliphatic carbocycles. The summed E-state index contributed by atoms with van der Waals surface area (Å²) in [5.74, 6) is 0.732. The van der Waals surface area contributed by atoms with Gasteiger partial charge in [-0.25, -0.2) is 48.2 Å². The monoisotopic (exact) mass is 2020 g/mol. The van der Waals surface area contributed by atoms with E-state index in [1.807, 2.05) is 119 Å². The van der Waals surface area contributed by atoms with Crippen LogP contribution < -0.4 is 44.4 Å². The molecule has 9 fully saturated rings. The Kier molecular flexibility index (Phi) is 34.5. The summed E-state index contributed by atoms with van der Waals surface area (Å²) in [6.45, 7) is 23.0. The van der Waals surface area contributed by atoms with Crippen LogP contribution in [-0.2, 0) is 117 Å². The molecule has 0 spiro atoms. The first-order chi connectivity index (χ1) is 64.5. The molecule has 27 nitrogen and oxygen atoms in total. The molecule has 3 radical (unpaired) electrons. The zero-order chi connectivity index (χ0) is 96.0. The van der Waals surface area contributed by atoms with E-state index in [1.54, 1.807) is 50.3 Å². The molecule has 3 aromatic heterocycles. The molecule has 138 heavy (non-hydrogen) atoms. The maximum atomic E-state index is 16.1. The second-order valence-electron chi connectivity index (χ2n) is 43.9. The molecule has 6 aromatic rings. The first kappa shape index (κ1) is 107. The molecular weight excluding hydrogens is 1880 g/mol. The molecule has 3 aromatic carbocycles. The van der Waals surface area contributed by atoms with Gasteiger partial charge in [0.2, 0.25) is 29.5 Å². The predicted molar refractivity (Wildman–Crippen MR) is 503 cm³/mol. The fourth-order valence-electron chi connectivity index (χ4n) is 24.8. The van der Waals surface area contributed by atoms with E-state index in [9.17, 15) is 43.2 Å². The van der Waals surface area contributed by atoms with E-state index < -0.39 is 119 Å². The van der Waals surface area contributed by atoms with Crippen molar-refractivity contribution < 1.29 is 150 Å². The van der Waals surface area contributed by atoms with Gasteiger partial charge < -0.3 is 87.7 Å². The van der Waals surface area contributed by atoms with E-state index in [1.165, 1.54) is 29.8 Å². The second kappa shape index (κ2) is 44.6. The van der Waals surface area contributed by atoms with Crippen molar-refractivity contribution in [2.24, 2.45) is 87.3 Å². The number of alkyl halides is 2. The number of hydrogen-bond donors (Lipinski definition) is 3. The molecule has 9 heterocycles. The number of halogens is 2. The number of aromatic nitrogens is 3. The van der Waals surface area contributed by atoms with E-state index in [0.29, 0.717) is 101 Å². The van der Waals surface area contributed by atoms with E-state index in [4.69, 9.17) is 52.6 Å². The van der Waals surface area contributed by atoms with Gasteiger partial charge in [-0.2, -0.15) is 8.78 Å². The minimum Gasteiger partial charge on any atom is -0.540 e. The fourth-order valence-corrected chi connectivity index (χ4v) is 24.8. The van der Waals surface area contributed by atoms with Crippen molar-refractivity contribution in [2.45, 2.75) is 316 Å². The van der Waals surface area contributed by atoms with Crippen LogP contribution in [0.15, 0.2) is 72.8 Å². The number of carbonyl (C=O) groups excluding carboxylic acids is 9. The Balaban J connectivity index is 0.000000173. The van der Waals surface area contributed by atoms with Gasteiger partial charge in [0, 0.05) is 102 Å². The number of benzene rings is 3. The largest absolute Gasteiger partial charge is 0.540 e. The summed E-state index contributed by atoms with van der Waals surface area (Å²) >= 11 is 0. The summed E-state index contributed by atoms with van der Waals surface area (Å²) in [4.78, 5) is 139. The first-order valence-corrected chi connectivity index (χ1v) is 49.8. The number of nitrogens with zero attached hydrogens (tertiary/aromatic N) is 6. The molecule has 747 valence electrons. The van der Waals surface area contributed by atoms with Crippen molar-refractivity contribution in [1.29, 1.82) is 0 Å². The molecule has 12 aliphatic rings. The van der Waals surface area contributed by atoms with Crippen LogP contribution in [0.1, 0.15) is 241 Å². The van der Waals surface area contributed by atoms with Gasteiger partial charge in [0.15, 0.2) is 5.69 Å². The normalized spacial score (nSPS) is 32.2. The maximum Gasteiger partial charge on any atom is 0.408 e. The molecule has 24 atom stereocenters. The number of alkyl carbamates (subject to hydrolysis) is 3. The Morgan fingerprint density at radius 3 is 1.19 bits per heavy atom. The fraction of sp³-hybridized carbons (Fsp3) is 0.660. The average molecular weight is 2020 g/mol. The number of amides is 6. The smallest absolute Gasteiger partial charge is 0.408 e. The second-order valence-corrected chi connectivity index (χ2v) is 43.9. The zero-order valence-electron chi connectivity index (χ0n) is 82.5. The molecule has 32 heteroatoms. The van der Waals surface area contributed by atoms with Gasteiger partial charge in [0.25, 0.3) is 5.92 Å². The number of ether oxygens (including phenoxy) is 9. The van der Waals surface area contributed by atoms with Crippen LogP contribution in [0.2, 0.25) is 0 Å². The predicted octanol–water partition coefficient (Wildman–Crippen LogP) is 17.8. The molecule has 6 saturated carbocycles. The number of fused-ring (bicyclic) bond motifs is 27. The van der Waals surface area contributed by atoms with Gasteiger partial charge in [-0.05, 0) is 257 Å². The molecular formula is C106H138F2N9O18V3-3. The molecule has 6 aliphatic heterocycles. The molecule has 6 amide bonds. The van der Waals surface area contributed by atoms with Crippen molar-refractivity contribution in [3.63, 3.8) is 0 Å². The Morgan fingerprint density at radius 2 is 0.790 bits per heavy atom. The van der Waals surface area contributed by atoms with Crippen LogP contribution in [0.5, 0.6) is 34.8 Å². The number of methoxy groups -OCH3 is 3. The number of hydrogen-bond acceptors (Lipinski definition) is 21. The number of aryl methyl sites for hydroxylation is 2. The van der Waals surface area contributed by atoms with Gasteiger partial charge in [-0.1, -0.05) is 140 Å². The third-order valence-electron chi connectivity index (χ3n) is 32.3. The third kappa shape index (κ3) is 22.8. The topological polar surface area (TPSA) is 321 Å². The number of carbonyl (C=O) groups is 6. The minimum atomic E-state index is -3.30. The maximum absolute atomic E-state index is 16.1. The van der Waals surface area contributed by atoms with Crippen molar-refractivity contribution in [2.75, 3.05) is 41.0 Å². The minimum absolute atomic E-state index is 0. The SMILES string of the molecule is CC[C@@H]1[C@@H]2CN(C(=O)[C@H](C(C)(C)C)NC(=O)O[C@@H]3[C@H]4CC[C@H](C4)[C@H]3CCCCCc3cc4ccc(OC)cc4nc3O2)[C@@H]1[C-]=O.COc1ccc2cc3c(nc2c1)O[C@H]1CN(C(=O)[C@H](C(C)(C)C)NC(=O)O[C@@H]2[C@H]4CC[C@H](C4)[C@H]2CCCCC3)[C@H]([C-]=O)[C@@H]1C.COc1ccc2nc3c(cc2c1)O[C@H]1CN(C(=O)[C@H](C(C)(C)C)NC(=O)O[C@@H]2[C@H]4CC[C@H](C4)[C@H]2CCCCC3(F)F)[C@H]([C-]=O)[C@@H]1C.[V].[V].[V]. The van der Waals surface area contributed by atoms with Crippen LogP contribution in [-0.4, -0.2) is 198 Å². The summed E-state index contributed by atoms with van der Waals surface area (Å²) in [6.07, 6.45) is 23.5. The van der Waals surface area contributed by atoms with Crippen LogP contribution in [0.25, 0.3) is 32.7 Å². The quantitative estimate of drug-likeness (QED) is 0.0987. The number of pyridine rings is 3. The van der Waals surface area contributed by atoms with Crippen molar-refractivity contribution in [1.82, 2.24) is 45.6 Å². The summed E-state index contributed by atoms with van der Waals surface area (Å²) in [6, 6.07) is 17.2. The molecule has 3 N–H and O–H groups in total. The van der Waals surface area contributed by atoms with Gasteiger partial charge in [0.1, 0.15) is 77.7 Å². The zero-order valence-corrected chi connectivity index (χ0v) is 86.7. The summed E-state index contributed by atoms with van der Waals surface area (Å²) in [5.41, 5.74) is 1.54. The molecule has 3 saturated heterocycles. The molecule has 0 unspecified atom stereocenters. The van der Waals surface area contributed by atoms with Crippen LogP contribution in [0, 0.1) is 87.3 Å². The van der Waals surface area contributed by atoms with Gasteiger partial charge in [-0.3, -0.25) is 14.4 Å². The van der Waals surface area contributed by atoms with Crippen LogP contribution in [0.4, 0.5) is 23.2 Å². The standard InChI is InChI=1S/C36H48N3O6.C35H44F2N3O6.C35H46N3O6.3V/c1-6-26-29(20-40)39-19-30(26)44-33-24(17-22-14-15-25(43-5)18-28(22)37-33)10-8-7-9-11-27-21-12-13-23(16-21)31(27)45-35(42)38-32(34(39)41)36(2,3)4;1-19-26(18-41)40-17-28(19)45-27-16-22-15-23(44-5)11-12-25(22)38-30(27)35(36,37)13-7-6-8-24-20-9-10-21(14-20)29(24)46-33(43)39-31(32(40)42)34(2,3)4;1-20-28(19-39)38-18-29(20)43-32-24(16-22-13-14-25(42-5)17-27(22)36-32)9-7-6-8-10-26-21-11-12-23(15-21)30(26)44-34(41)37-31(33(38)40)35(2,3)4;;;/h14-15,17-18,21,23,26-27,29-32H,6-13,16,19H2,1-5H3,(H,38,42);11-12,15-16,19-21,24,26,28-29,31H,6-10,13-14,17H2,1-5H3,(H,39,43);13-14,16-17,20-21,23,26,28-31H,6-12,15,18H2,1-5H3,(H,37,41);;;/q3*-1;;;/t21-,23+,26+,27-,29-,30+,31-,32-;19-,20+,21-,24+,26+,28-,29+,31+;20-,21+,23-,26+,28+,29-,30+,31+;;;/m100.../s1.